The van der Waals surface area contributed by atoms with Crippen molar-refractivity contribution >= 4 is 48.3 Å². The van der Waals surface area contributed by atoms with Gasteiger partial charge in [-0.05, 0) is 55.0 Å². The Hall–Kier alpha value is -3.43. The minimum atomic E-state index is -3.84. The number of hydrogen-bond acceptors (Lipinski definition) is 6. The number of methoxy groups -OCH3 is 1. The van der Waals surface area contributed by atoms with Gasteiger partial charge >= 0.3 is 0 Å². The first-order valence-electron chi connectivity index (χ1n) is 9.71. The maximum atomic E-state index is 13.1. The number of aryl methyl sites for hydroxylation is 1. The minimum Gasteiger partial charge on any atom is -0.495 e. The maximum absolute atomic E-state index is 13.1. The van der Waals surface area contributed by atoms with Crippen LogP contribution in [0.25, 0.3) is 10.2 Å². The number of hydrogen-bond donors (Lipinski definition) is 1. The van der Waals surface area contributed by atoms with Crippen LogP contribution in [0.2, 0.25) is 0 Å². The van der Waals surface area contributed by atoms with E-state index in [1.807, 2.05) is 25.1 Å². The number of carbonyl (C=O) groups is 1. The molecule has 0 saturated carbocycles. The van der Waals surface area contributed by atoms with Crippen LogP contribution in [0, 0.1) is 6.92 Å². The lowest BCUT2D eigenvalue weighted by atomic mass is 10.2. The summed E-state index contributed by atoms with van der Waals surface area (Å²) in [4.78, 5) is 17.2. The van der Waals surface area contributed by atoms with Gasteiger partial charge in [-0.2, -0.15) is 0 Å². The zero-order valence-electron chi connectivity index (χ0n) is 17.7. The number of nitrogens with zero attached hydrogens (tertiary/aromatic N) is 2. The van der Waals surface area contributed by atoms with Gasteiger partial charge in [-0.15, -0.1) is 0 Å². The van der Waals surface area contributed by atoms with E-state index in [2.05, 4.69) is 10.3 Å². The zero-order chi connectivity index (χ0) is 22.9. The molecule has 164 valence electrons. The van der Waals surface area contributed by atoms with E-state index in [0.717, 1.165) is 20.1 Å². The van der Waals surface area contributed by atoms with E-state index in [1.165, 1.54) is 49.8 Å². The summed E-state index contributed by atoms with van der Waals surface area (Å²) in [5.74, 6) is 0.0874. The molecule has 7 nitrogen and oxygen atoms in total. The molecule has 9 heteroatoms. The smallest absolute Gasteiger partial charge is 0.264 e. The number of thiazole rings is 1. The van der Waals surface area contributed by atoms with Crippen LogP contribution in [0.3, 0.4) is 0 Å². The molecular weight excluding hydrogens is 446 g/mol. The summed E-state index contributed by atoms with van der Waals surface area (Å²) in [5, 5.41) is 3.28. The van der Waals surface area contributed by atoms with Crippen LogP contribution in [-0.2, 0) is 10.0 Å². The van der Waals surface area contributed by atoms with Crippen molar-refractivity contribution in [3.63, 3.8) is 0 Å². The van der Waals surface area contributed by atoms with Crippen molar-refractivity contribution in [3.05, 3.63) is 77.9 Å². The summed E-state index contributed by atoms with van der Waals surface area (Å²) in [5.41, 5.74) is 2.64. The summed E-state index contributed by atoms with van der Waals surface area (Å²) >= 11 is 1.39. The van der Waals surface area contributed by atoms with Crippen LogP contribution in [-0.4, -0.2) is 33.5 Å². The molecule has 0 unspecified atom stereocenters. The first kappa shape index (κ1) is 21.8. The molecular formula is C23H21N3O4S2. The number of amides is 1. The molecule has 4 aromatic rings. The molecule has 1 N–H and O–H groups in total. The number of benzene rings is 3. The lowest BCUT2D eigenvalue weighted by Crippen LogP contribution is -2.27. The first-order valence-corrected chi connectivity index (χ1v) is 12.0. The second-order valence-corrected chi connectivity index (χ2v) is 10.1. The Balaban J connectivity index is 1.55. The van der Waals surface area contributed by atoms with E-state index in [4.69, 9.17) is 4.74 Å². The first-order chi connectivity index (χ1) is 15.3. The lowest BCUT2D eigenvalue weighted by Gasteiger charge is -2.21. The highest BCUT2D eigenvalue weighted by atomic mass is 32.2. The molecule has 1 heterocycles. The van der Waals surface area contributed by atoms with Crippen molar-refractivity contribution in [3.8, 4) is 5.75 Å². The lowest BCUT2D eigenvalue weighted by molar-refractivity contribution is 0.102. The predicted octanol–water partition coefficient (Wildman–Crippen LogP) is 4.69. The summed E-state index contributed by atoms with van der Waals surface area (Å²) < 4.78 is 33.5. The fourth-order valence-electron chi connectivity index (χ4n) is 3.26. The summed E-state index contributed by atoms with van der Waals surface area (Å²) in [6.07, 6.45) is 0. The van der Waals surface area contributed by atoms with Crippen molar-refractivity contribution in [2.24, 2.45) is 0 Å². The number of sulfonamides is 1. The van der Waals surface area contributed by atoms with E-state index in [1.54, 1.807) is 24.3 Å². The second kappa shape index (κ2) is 8.60. The molecule has 1 amide bonds. The van der Waals surface area contributed by atoms with Crippen LogP contribution in [0.15, 0.2) is 71.6 Å². The second-order valence-electron chi connectivity index (χ2n) is 7.06. The van der Waals surface area contributed by atoms with Gasteiger partial charge in [0.05, 0.1) is 27.9 Å². The van der Waals surface area contributed by atoms with Crippen LogP contribution in [0.1, 0.15) is 15.9 Å². The normalized spacial score (nSPS) is 11.3. The van der Waals surface area contributed by atoms with E-state index in [0.29, 0.717) is 22.1 Å². The molecule has 1 aromatic heterocycles. The van der Waals surface area contributed by atoms with Gasteiger partial charge in [-0.3, -0.25) is 14.4 Å². The van der Waals surface area contributed by atoms with Gasteiger partial charge in [0.1, 0.15) is 5.75 Å². The van der Waals surface area contributed by atoms with E-state index in [-0.39, 0.29) is 10.8 Å². The van der Waals surface area contributed by atoms with Gasteiger partial charge in [0.25, 0.3) is 15.9 Å². The Morgan fingerprint density at radius 1 is 1.03 bits per heavy atom. The summed E-state index contributed by atoms with van der Waals surface area (Å²) in [6.45, 7) is 1.97. The van der Waals surface area contributed by atoms with Crippen molar-refractivity contribution < 1.29 is 17.9 Å². The van der Waals surface area contributed by atoms with Gasteiger partial charge in [0.2, 0.25) is 0 Å². The molecule has 0 aliphatic carbocycles. The van der Waals surface area contributed by atoms with Crippen LogP contribution in [0.5, 0.6) is 5.75 Å². The SMILES string of the molecule is COc1ccccc1N(C)S(=O)(=O)c1ccc(C(=O)Nc2nc3c(C)cccc3s2)cc1. The molecule has 0 spiro atoms. The molecule has 0 aliphatic heterocycles. The Morgan fingerprint density at radius 2 is 1.75 bits per heavy atom. The van der Waals surface area contributed by atoms with E-state index < -0.39 is 10.0 Å². The number of aromatic nitrogens is 1. The number of carbonyl (C=O) groups excluding carboxylic acids is 1. The highest BCUT2D eigenvalue weighted by Crippen LogP contribution is 2.31. The Morgan fingerprint density at radius 3 is 2.44 bits per heavy atom. The molecule has 0 atom stereocenters. The Bertz CT molecular complexity index is 1400. The maximum Gasteiger partial charge on any atom is 0.264 e. The molecule has 0 aliphatic rings. The van der Waals surface area contributed by atoms with Gasteiger partial charge < -0.3 is 4.74 Å². The van der Waals surface area contributed by atoms with Gasteiger partial charge in [-0.1, -0.05) is 35.6 Å². The third-order valence-electron chi connectivity index (χ3n) is 5.04. The van der Waals surface area contributed by atoms with E-state index in [9.17, 15) is 13.2 Å². The third-order valence-corrected chi connectivity index (χ3v) is 7.76. The monoisotopic (exact) mass is 467 g/mol. The van der Waals surface area contributed by atoms with Crippen LogP contribution in [0.4, 0.5) is 10.8 Å². The average molecular weight is 468 g/mol. The van der Waals surface area contributed by atoms with Crippen molar-refractivity contribution in [1.29, 1.82) is 0 Å². The highest BCUT2D eigenvalue weighted by Gasteiger charge is 2.24. The predicted molar refractivity (Wildman–Crippen MR) is 127 cm³/mol. The van der Waals surface area contributed by atoms with Crippen molar-refractivity contribution in [1.82, 2.24) is 4.98 Å². The fourth-order valence-corrected chi connectivity index (χ4v) is 5.41. The molecule has 0 radical (unpaired) electrons. The van der Waals surface area contributed by atoms with Crippen LogP contribution >= 0.6 is 11.3 Å². The molecule has 0 fully saturated rings. The Labute approximate surface area is 190 Å². The third kappa shape index (κ3) is 4.04. The van der Waals surface area contributed by atoms with Gasteiger partial charge in [0, 0.05) is 12.6 Å². The van der Waals surface area contributed by atoms with E-state index >= 15 is 0 Å². The quantitative estimate of drug-likeness (QED) is 0.444. The van der Waals surface area contributed by atoms with Crippen molar-refractivity contribution in [2.45, 2.75) is 11.8 Å². The molecule has 0 bridgehead atoms. The number of para-hydroxylation sites is 3. The topological polar surface area (TPSA) is 88.6 Å². The summed E-state index contributed by atoms with van der Waals surface area (Å²) in [6, 6.07) is 18.5. The minimum absolute atomic E-state index is 0.0677. The van der Waals surface area contributed by atoms with Crippen molar-refractivity contribution in [2.75, 3.05) is 23.8 Å². The number of fused-ring (bicyclic) bond motifs is 1. The molecule has 3 aromatic carbocycles. The number of nitrogens with one attached hydrogen (secondary N) is 1. The Kier molecular flexibility index (Phi) is 5.86. The average Bonchev–Trinajstić information content (AvgIpc) is 3.22. The van der Waals surface area contributed by atoms with Crippen LogP contribution < -0.4 is 14.4 Å². The largest absolute Gasteiger partial charge is 0.495 e. The zero-order valence-corrected chi connectivity index (χ0v) is 19.3. The number of anilines is 2. The van der Waals surface area contributed by atoms with Gasteiger partial charge in [0.15, 0.2) is 5.13 Å². The van der Waals surface area contributed by atoms with Gasteiger partial charge in [-0.25, -0.2) is 13.4 Å². The standard InChI is InChI=1S/C23H21N3O4S2/c1-15-7-6-10-20-21(15)24-23(31-20)25-22(27)16-11-13-17(14-12-16)32(28,29)26(2)18-8-4-5-9-19(18)30-3/h4-14H,1-3H3,(H,24,25,27). The number of rotatable bonds is 6. The number of ether oxygens (including phenoxy) is 1. The molecule has 4 rings (SSSR count). The fraction of sp³-hybridized carbons (Fsp3) is 0.130. The summed E-state index contributed by atoms with van der Waals surface area (Å²) in [7, 11) is -0.890. The molecule has 0 saturated heterocycles. The molecule has 32 heavy (non-hydrogen) atoms. The highest BCUT2D eigenvalue weighted by molar-refractivity contribution is 7.92.